The van der Waals surface area contributed by atoms with E-state index in [2.05, 4.69) is 37.6 Å². The lowest BCUT2D eigenvalue weighted by molar-refractivity contribution is 0.0772. The number of carbonyl (C=O) groups excluding carboxylic acids is 1. The second kappa shape index (κ2) is 5.62. The number of rotatable bonds is 2. The van der Waals surface area contributed by atoms with E-state index in [1.54, 1.807) is 17.5 Å². The van der Waals surface area contributed by atoms with Gasteiger partial charge in [0.25, 0.3) is 5.91 Å². The van der Waals surface area contributed by atoms with E-state index in [9.17, 15) is 4.79 Å². The lowest BCUT2D eigenvalue weighted by atomic mass is 9.91. The summed E-state index contributed by atoms with van der Waals surface area (Å²) in [5.74, 6) is 0.792. The lowest BCUT2D eigenvalue weighted by Crippen LogP contribution is -2.66. The SMILES string of the molecule is CN1c2ncccc2C(=O)NC12CCN(Cc1cccs1)CC2. The molecule has 1 N–H and O–H groups in total. The predicted molar refractivity (Wildman–Crippen MR) is 91.7 cm³/mol. The van der Waals surface area contributed by atoms with Gasteiger partial charge in [-0.2, -0.15) is 0 Å². The normalized spacial score (nSPS) is 20.4. The highest BCUT2D eigenvalue weighted by Gasteiger charge is 2.44. The average molecular weight is 328 g/mol. The summed E-state index contributed by atoms with van der Waals surface area (Å²) in [7, 11) is 2.04. The molecular formula is C17H20N4OS. The van der Waals surface area contributed by atoms with E-state index in [0.717, 1.165) is 38.3 Å². The Bertz CT molecular complexity index is 707. The van der Waals surface area contributed by atoms with Crippen LogP contribution in [-0.2, 0) is 6.54 Å². The zero-order chi connectivity index (χ0) is 15.9. The first-order chi connectivity index (χ1) is 11.2. The number of nitrogens with one attached hydrogen (secondary N) is 1. The van der Waals surface area contributed by atoms with Crippen LogP contribution in [0.2, 0.25) is 0 Å². The van der Waals surface area contributed by atoms with Crippen molar-refractivity contribution >= 4 is 23.1 Å². The molecule has 0 aliphatic carbocycles. The summed E-state index contributed by atoms with van der Waals surface area (Å²) in [6, 6.07) is 7.94. The number of nitrogens with zero attached hydrogens (tertiary/aromatic N) is 3. The van der Waals surface area contributed by atoms with Crippen molar-refractivity contribution in [3.8, 4) is 0 Å². The highest BCUT2D eigenvalue weighted by Crippen LogP contribution is 2.35. The van der Waals surface area contributed by atoms with Crippen LogP contribution >= 0.6 is 11.3 Å². The minimum atomic E-state index is -0.301. The molecule has 1 saturated heterocycles. The van der Waals surface area contributed by atoms with Gasteiger partial charge < -0.3 is 10.2 Å². The van der Waals surface area contributed by atoms with Crippen LogP contribution in [0.4, 0.5) is 5.82 Å². The minimum Gasteiger partial charge on any atom is -0.336 e. The van der Waals surface area contributed by atoms with Crippen molar-refractivity contribution in [2.45, 2.75) is 25.0 Å². The van der Waals surface area contributed by atoms with Gasteiger partial charge in [0.1, 0.15) is 11.5 Å². The maximum Gasteiger partial charge on any atom is 0.256 e. The number of amides is 1. The van der Waals surface area contributed by atoms with E-state index in [4.69, 9.17) is 0 Å². The summed E-state index contributed by atoms with van der Waals surface area (Å²) in [5, 5.41) is 5.36. The molecule has 0 bridgehead atoms. The molecule has 0 aromatic carbocycles. The van der Waals surface area contributed by atoms with Gasteiger partial charge in [-0.15, -0.1) is 11.3 Å². The number of piperidine rings is 1. The monoisotopic (exact) mass is 328 g/mol. The molecule has 2 aliphatic rings. The van der Waals surface area contributed by atoms with Gasteiger partial charge in [-0.3, -0.25) is 9.69 Å². The molecule has 4 heterocycles. The molecule has 0 atom stereocenters. The van der Waals surface area contributed by atoms with Gasteiger partial charge in [0, 0.05) is 50.6 Å². The van der Waals surface area contributed by atoms with Gasteiger partial charge in [-0.1, -0.05) is 6.07 Å². The molecule has 1 amide bonds. The third-order valence-electron chi connectivity index (χ3n) is 4.98. The van der Waals surface area contributed by atoms with Gasteiger partial charge in [0.05, 0.1) is 5.56 Å². The van der Waals surface area contributed by atoms with Crippen LogP contribution in [0.25, 0.3) is 0 Å². The lowest BCUT2D eigenvalue weighted by Gasteiger charge is -2.50. The maximum atomic E-state index is 12.5. The Morgan fingerprint density at radius 3 is 2.87 bits per heavy atom. The van der Waals surface area contributed by atoms with Gasteiger partial charge in [0.15, 0.2) is 0 Å². The molecule has 6 heteroatoms. The molecule has 0 radical (unpaired) electrons. The number of pyridine rings is 1. The molecular weight excluding hydrogens is 308 g/mol. The zero-order valence-corrected chi connectivity index (χ0v) is 14.0. The number of fused-ring (bicyclic) bond motifs is 1. The van der Waals surface area contributed by atoms with Crippen molar-refractivity contribution in [1.29, 1.82) is 0 Å². The Morgan fingerprint density at radius 2 is 2.13 bits per heavy atom. The minimum absolute atomic E-state index is 0.00194. The third-order valence-corrected chi connectivity index (χ3v) is 5.84. The van der Waals surface area contributed by atoms with E-state index in [1.807, 2.05) is 19.2 Å². The maximum absolute atomic E-state index is 12.5. The van der Waals surface area contributed by atoms with Gasteiger partial charge >= 0.3 is 0 Å². The first kappa shape index (κ1) is 14.7. The van der Waals surface area contributed by atoms with E-state index in [-0.39, 0.29) is 11.6 Å². The van der Waals surface area contributed by atoms with Crippen LogP contribution in [0.5, 0.6) is 0 Å². The Hall–Kier alpha value is -1.92. The summed E-state index contributed by atoms with van der Waals surface area (Å²) in [5.41, 5.74) is 0.367. The molecule has 2 aromatic rings. The Labute approximate surface area is 139 Å². The average Bonchev–Trinajstić information content (AvgIpc) is 3.08. The van der Waals surface area contributed by atoms with Gasteiger partial charge in [-0.05, 0) is 23.6 Å². The molecule has 23 heavy (non-hydrogen) atoms. The summed E-state index contributed by atoms with van der Waals surface area (Å²) >= 11 is 1.80. The fraction of sp³-hybridized carbons (Fsp3) is 0.412. The van der Waals surface area contributed by atoms with Crippen molar-refractivity contribution in [2.24, 2.45) is 0 Å². The molecule has 4 rings (SSSR count). The van der Waals surface area contributed by atoms with Crippen LogP contribution in [0.1, 0.15) is 28.1 Å². The second-order valence-corrected chi connectivity index (χ2v) is 7.31. The van der Waals surface area contributed by atoms with Crippen LogP contribution < -0.4 is 10.2 Å². The third kappa shape index (κ3) is 2.52. The highest BCUT2D eigenvalue weighted by molar-refractivity contribution is 7.09. The molecule has 1 spiro atoms. The van der Waals surface area contributed by atoms with Crippen LogP contribution in [0.3, 0.4) is 0 Å². The van der Waals surface area contributed by atoms with E-state index in [0.29, 0.717) is 5.56 Å². The number of aromatic nitrogens is 1. The van der Waals surface area contributed by atoms with Crippen molar-refractivity contribution in [2.75, 3.05) is 25.0 Å². The van der Waals surface area contributed by atoms with Gasteiger partial charge in [0.2, 0.25) is 0 Å². The smallest absolute Gasteiger partial charge is 0.256 e. The second-order valence-electron chi connectivity index (χ2n) is 6.27. The summed E-state index contributed by atoms with van der Waals surface area (Å²) < 4.78 is 0. The van der Waals surface area contributed by atoms with E-state index >= 15 is 0 Å². The first-order valence-electron chi connectivity index (χ1n) is 7.94. The van der Waals surface area contributed by atoms with Crippen molar-refractivity contribution in [3.05, 3.63) is 46.3 Å². The molecule has 1 fully saturated rings. The number of anilines is 1. The van der Waals surface area contributed by atoms with Crippen LogP contribution in [0, 0.1) is 0 Å². The van der Waals surface area contributed by atoms with Crippen molar-refractivity contribution < 1.29 is 4.79 Å². The van der Waals surface area contributed by atoms with E-state index in [1.165, 1.54) is 4.88 Å². The predicted octanol–water partition coefficient (Wildman–Crippen LogP) is 2.32. The fourth-order valence-electron chi connectivity index (χ4n) is 3.57. The molecule has 120 valence electrons. The number of carbonyl (C=O) groups is 1. The number of thiophene rings is 1. The first-order valence-corrected chi connectivity index (χ1v) is 8.82. The Kier molecular flexibility index (Phi) is 3.58. The van der Waals surface area contributed by atoms with Crippen LogP contribution in [-0.4, -0.2) is 41.6 Å². The summed E-state index contributed by atoms with van der Waals surface area (Å²) in [6.45, 7) is 2.95. The number of hydrogen-bond donors (Lipinski definition) is 1. The molecule has 2 aliphatic heterocycles. The molecule has 0 unspecified atom stereocenters. The topological polar surface area (TPSA) is 48.5 Å². The number of hydrogen-bond acceptors (Lipinski definition) is 5. The molecule has 2 aromatic heterocycles. The largest absolute Gasteiger partial charge is 0.336 e. The standard InChI is InChI=1S/C17H20N4OS/c1-20-15-14(5-2-8-18-15)16(22)19-17(20)6-9-21(10-7-17)12-13-4-3-11-23-13/h2-5,8,11H,6-7,9-10,12H2,1H3,(H,19,22). The Balaban J connectivity index is 1.51. The van der Waals surface area contributed by atoms with Gasteiger partial charge in [-0.25, -0.2) is 4.98 Å². The Morgan fingerprint density at radius 1 is 1.30 bits per heavy atom. The zero-order valence-electron chi connectivity index (χ0n) is 13.2. The summed E-state index contributed by atoms with van der Waals surface area (Å²) in [4.78, 5) is 22.9. The quantitative estimate of drug-likeness (QED) is 0.919. The number of likely N-dealkylation sites (tertiary alicyclic amines) is 1. The van der Waals surface area contributed by atoms with Crippen molar-refractivity contribution in [1.82, 2.24) is 15.2 Å². The van der Waals surface area contributed by atoms with Crippen molar-refractivity contribution in [3.63, 3.8) is 0 Å². The summed E-state index contributed by atoms with van der Waals surface area (Å²) in [6.07, 6.45) is 3.58. The molecule has 0 saturated carbocycles. The fourth-order valence-corrected chi connectivity index (χ4v) is 4.32. The molecule has 5 nitrogen and oxygen atoms in total. The van der Waals surface area contributed by atoms with E-state index < -0.39 is 0 Å². The van der Waals surface area contributed by atoms with Crippen LogP contribution in [0.15, 0.2) is 35.8 Å². The highest BCUT2D eigenvalue weighted by atomic mass is 32.1.